The topological polar surface area (TPSA) is 20.3 Å². The number of alkyl halides is 1. The molecule has 0 bridgehead atoms. The van der Waals surface area contributed by atoms with Gasteiger partial charge in [0.25, 0.3) is 0 Å². The van der Waals surface area contributed by atoms with Crippen LogP contribution in [0.15, 0.2) is 18.2 Å². The van der Waals surface area contributed by atoms with E-state index in [-0.39, 0.29) is 11.4 Å². The second-order valence-corrected chi connectivity index (χ2v) is 6.83. The van der Waals surface area contributed by atoms with Crippen molar-refractivity contribution in [1.82, 2.24) is 0 Å². The minimum Gasteiger partial charge on any atom is -0.306 e. The van der Waals surface area contributed by atoms with Crippen LogP contribution in [0, 0.1) is 6.92 Å². The van der Waals surface area contributed by atoms with Gasteiger partial charge in [-0.2, -0.15) is 0 Å². The molecule has 0 radical (unpaired) electrons. The van der Waals surface area contributed by atoms with Crippen LogP contribution in [0.2, 0.25) is 0 Å². The number of nitrogens with zero attached hydrogens (tertiary/aromatic N) is 1. The normalized spacial score (nSPS) is 20.6. The van der Waals surface area contributed by atoms with Crippen LogP contribution in [0.25, 0.3) is 0 Å². The van der Waals surface area contributed by atoms with Gasteiger partial charge in [0.15, 0.2) is 0 Å². The molecular formula is C17H24ClNO. The largest absolute Gasteiger partial charge is 0.306 e. The fraction of sp³-hybridized carbons (Fsp3) is 0.588. The summed E-state index contributed by atoms with van der Waals surface area (Å²) in [5.41, 5.74) is 3.46. The van der Waals surface area contributed by atoms with E-state index in [1.54, 1.807) is 0 Å². The number of carbonyl (C=O) groups is 1. The molecule has 0 N–H and O–H groups in total. The van der Waals surface area contributed by atoms with Crippen molar-refractivity contribution in [3.8, 4) is 0 Å². The first-order chi connectivity index (χ1) is 9.38. The molecule has 3 heteroatoms. The highest BCUT2D eigenvalue weighted by atomic mass is 35.5. The van der Waals surface area contributed by atoms with Gasteiger partial charge in [-0.05, 0) is 50.7 Å². The Balaban J connectivity index is 2.48. The van der Waals surface area contributed by atoms with Crippen LogP contribution in [-0.4, -0.2) is 17.3 Å². The molecule has 1 aliphatic heterocycles. The van der Waals surface area contributed by atoms with Gasteiger partial charge in [-0.3, -0.25) is 4.79 Å². The van der Waals surface area contributed by atoms with Gasteiger partial charge >= 0.3 is 0 Å². The van der Waals surface area contributed by atoms with E-state index >= 15 is 0 Å². The molecule has 1 aromatic carbocycles. The molecule has 110 valence electrons. The van der Waals surface area contributed by atoms with Gasteiger partial charge in [0.1, 0.15) is 0 Å². The zero-order valence-corrected chi connectivity index (χ0v) is 13.6. The van der Waals surface area contributed by atoms with E-state index in [4.69, 9.17) is 11.6 Å². The number of rotatable bonds is 3. The third-order valence-corrected chi connectivity index (χ3v) is 4.48. The summed E-state index contributed by atoms with van der Waals surface area (Å²) in [6, 6.07) is 6.34. The number of hydrogen-bond acceptors (Lipinski definition) is 1. The molecule has 1 unspecified atom stereocenters. The number of amides is 1. The number of benzene rings is 1. The lowest BCUT2D eigenvalue weighted by Crippen LogP contribution is -2.52. The summed E-state index contributed by atoms with van der Waals surface area (Å²) in [7, 11) is 0. The monoisotopic (exact) mass is 293 g/mol. The first-order valence-corrected chi connectivity index (χ1v) is 7.90. The summed E-state index contributed by atoms with van der Waals surface area (Å²) in [4.78, 5) is 14.7. The minimum atomic E-state index is -0.137. The van der Waals surface area contributed by atoms with Crippen LogP contribution in [0.1, 0.15) is 57.1 Å². The van der Waals surface area contributed by atoms with E-state index in [1.807, 2.05) is 4.90 Å². The van der Waals surface area contributed by atoms with E-state index in [2.05, 4.69) is 45.9 Å². The number of aryl methyl sites for hydroxylation is 1. The van der Waals surface area contributed by atoms with Crippen molar-refractivity contribution in [1.29, 1.82) is 0 Å². The first kappa shape index (κ1) is 15.4. The van der Waals surface area contributed by atoms with Crippen molar-refractivity contribution >= 4 is 23.2 Å². The van der Waals surface area contributed by atoms with Crippen molar-refractivity contribution in [3.63, 3.8) is 0 Å². The van der Waals surface area contributed by atoms with Gasteiger partial charge in [0.2, 0.25) is 5.91 Å². The summed E-state index contributed by atoms with van der Waals surface area (Å²) in [5, 5.41) is 0. The van der Waals surface area contributed by atoms with E-state index in [9.17, 15) is 4.79 Å². The van der Waals surface area contributed by atoms with Crippen LogP contribution in [0.5, 0.6) is 0 Å². The first-order valence-electron chi connectivity index (χ1n) is 7.37. The van der Waals surface area contributed by atoms with E-state index < -0.39 is 0 Å². The van der Waals surface area contributed by atoms with Gasteiger partial charge in [-0.1, -0.05) is 25.1 Å². The standard InChI is InChI=1S/C17H24ClNO/c1-12-7-5-8-14-13(2)11-17(3,4)19(16(12)14)15(20)9-6-10-18/h5,7-8,13H,6,9-11H2,1-4H3. The van der Waals surface area contributed by atoms with Crippen molar-refractivity contribution in [2.45, 2.75) is 58.4 Å². The zero-order chi connectivity index (χ0) is 14.9. The average molecular weight is 294 g/mol. The Morgan fingerprint density at radius 1 is 1.45 bits per heavy atom. The molecule has 0 fully saturated rings. The van der Waals surface area contributed by atoms with Crippen molar-refractivity contribution in [2.24, 2.45) is 0 Å². The highest BCUT2D eigenvalue weighted by molar-refractivity contribution is 6.18. The maximum Gasteiger partial charge on any atom is 0.227 e. The third-order valence-electron chi connectivity index (χ3n) is 4.21. The Kier molecular flexibility index (Phi) is 4.43. The molecule has 0 saturated carbocycles. The molecule has 20 heavy (non-hydrogen) atoms. The lowest BCUT2D eigenvalue weighted by atomic mass is 9.79. The highest BCUT2D eigenvalue weighted by Crippen LogP contribution is 2.45. The van der Waals surface area contributed by atoms with Gasteiger partial charge < -0.3 is 4.90 Å². The maximum absolute atomic E-state index is 12.7. The second kappa shape index (κ2) is 5.77. The van der Waals surface area contributed by atoms with Gasteiger partial charge in [0.05, 0.1) is 5.69 Å². The molecular weight excluding hydrogens is 270 g/mol. The molecule has 2 nitrogen and oxygen atoms in total. The fourth-order valence-corrected chi connectivity index (χ4v) is 3.56. The lowest BCUT2D eigenvalue weighted by molar-refractivity contribution is -0.119. The van der Waals surface area contributed by atoms with Crippen LogP contribution in [0.3, 0.4) is 0 Å². The molecule has 1 heterocycles. The average Bonchev–Trinajstić information content (AvgIpc) is 2.36. The van der Waals surface area contributed by atoms with Gasteiger partial charge in [-0.15, -0.1) is 11.6 Å². The summed E-state index contributed by atoms with van der Waals surface area (Å²) < 4.78 is 0. The molecule has 0 aliphatic carbocycles. The molecule has 1 aromatic rings. The molecule has 1 aliphatic rings. The molecule has 0 saturated heterocycles. The van der Waals surface area contributed by atoms with E-state index in [0.717, 1.165) is 18.5 Å². The number of para-hydroxylation sites is 1. The van der Waals surface area contributed by atoms with E-state index in [0.29, 0.717) is 18.2 Å². The van der Waals surface area contributed by atoms with Crippen LogP contribution in [0.4, 0.5) is 5.69 Å². The summed E-state index contributed by atoms with van der Waals surface area (Å²) in [5.74, 6) is 1.21. The van der Waals surface area contributed by atoms with Crippen molar-refractivity contribution in [2.75, 3.05) is 10.8 Å². The predicted molar refractivity (Wildman–Crippen MR) is 85.7 cm³/mol. The number of halogens is 1. The smallest absolute Gasteiger partial charge is 0.227 e. The number of anilines is 1. The summed E-state index contributed by atoms with van der Waals surface area (Å²) >= 11 is 5.74. The third kappa shape index (κ3) is 2.71. The van der Waals surface area contributed by atoms with Crippen molar-refractivity contribution < 1.29 is 4.79 Å². The minimum absolute atomic E-state index is 0.137. The quantitative estimate of drug-likeness (QED) is 0.744. The number of carbonyl (C=O) groups excluding carboxylic acids is 1. The zero-order valence-electron chi connectivity index (χ0n) is 12.9. The number of fused-ring (bicyclic) bond motifs is 1. The Labute approximate surface area is 127 Å². The van der Waals surface area contributed by atoms with E-state index in [1.165, 1.54) is 11.1 Å². The Bertz CT molecular complexity index is 510. The summed E-state index contributed by atoms with van der Waals surface area (Å²) in [6.07, 6.45) is 2.26. The van der Waals surface area contributed by atoms with Crippen LogP contribution >= 0.6 is 11.6 Å². The molecule has 0 aromatic heterocycles. The predicted octanol–water partition coefficient (Wildman–Crippen LogP) is 4.63. The highest BCUT2D eigenvalue weighted by Gasteiger charge is 2.40. The lowest BCUT2D eigenvalue weighted by Gasteiger charge is -2.46. The Hall–Kier alpha value is -1.02. The molecule has 2 rings (SSSR count). The SMILES string of the molecule is Cc1cccc2c1N(C(=O)CCCCl)C(C)(C)CC2C. The fourth-order valence-electron chi connectivity index (χ4n) is 3.43. The second-order valence-electron chi connectivity index (χ2n) is 6.45. The summed E-state index contributed by atoms with van der Waals surface area (Å²) in [6.45, 7) is 8.67. The molecule has 1 atom stereocenters. The molecule has 1 amide bonds. The Morgan fingerprint density at radius 2 is 2.15 bits per heavy atom. The van der Waals surface area contributed by atoms with Gasteiger partial charge in [0, 0.05) is 17.8 Å². The van der Waals surface area contributed by atoms with Crippen LogP contribution in [-0.2, 0) is 4.79 Å². The Morgan fingerprint density at radius 3 is 2.80 bits per heavy atom. The van der Waals surface area contributed by atoms with Crippen LogP contribution < -0.4 is 4.90 Å². The molecule has 0 spiro atoms. The number of hydrogen-bond donors (Lipinski definition) is 0. The van der Waals surface area contributed by atoms with Crippen molar-refractivity contribution in [3.05, 3.63) is 29.3 Å². The van der Waals surface area contributed by atoms with Gasteiger partial charge in [-0.25, -0.2) is 0 Å². The maximum atomic E-state index is 12.7.